The van der Waals surface area contributed by atoms with Crippen LogP contribution in [-0.2, 0) is 9.59 Å². The van der Waals surface area contributed by atoms with Gasteiger partial charge in [0.25, 0.3) is 11.7 Å². The van der Waals surface area contributed by atoms with Crippen molar-refractivity contribution < 1.29 is 19.2 Å². The monoisotopic (exact) mass is 306 g/mol. The molecule has 1 saturated heterocycles. The van der Waals surface area contributed by atoms with Gasteiger partial charge in [0.15, 0.2) is 12.4 Å². The van der Waals surface area contributed by atoms with Crippen LogP contribution in [0.5, 0.6) is 5.75 Å². The molecular weight excluding hydrogens is 292 g/mol. The number of rotatable bonds is 3. The lowest BCUT2D eigenvalue weighted by Crippen LogP contribution is -2.46. The van der Waals surface area contributed by atoms with E-state index in [-0.39, 0.29) is 30.6 Å². The van der Waals surface area contributed by atoms with Gasteiger partial charge in [-0.3, -0.25) is 14.5 Å². The predicted octanol–water partition coefficient (Wildman–Crippen LogP) is 0.338. The zero-order chi connectivity index (χ0) is 15.7. The number of aromatic nitrogens is 1. The molecule has 1 fully saturated rings. The molecule has 0 radical (unpaired) electrons. The molecule has 2 amide bonds. The minimum Gasteiger partial charge on any atom is -0.477 e. The van der Waals surface area contributed by atoms with Crippen molar-refractivity contribution in [1.82, 2.24) is 9.88 Å². The zero-order valence-electron chi connectivity index (χ0n) is 11.7. The average molecular weight is 306 g/mol. The molecule has 22 heavy (non-hydrogen) atoms. The molecule has 0 saturated carbocycles. The summed E-state index contributed by atoms with van der Waals surface area (Å²) in [6.07, 6.45) is 1.90. The van der Waals surface area contributed by atoms with Crippen molar-refractivity contribution in [2.24, 2.45) is 0 Å². The van der Waals surface area contributed by atoms with Crippen LogP contribution in [0.25, 0.3) is 0 Å². The lowest BCUT2D eigenvalue weighted by atomic mass is 10.3. The van der Waals surface area contributed by atoms with E-state index >= 15 is 0 Å². The second-order valence-corrected chi connectivity index (χ2v) is 5.10. The van der Waals surface area contributed by atoms with E-state index in [1.807, 2.05) is 0 Å². The summed E-state index contributed by atoms with van der Waals surface area (Å²) in [5.41, 5.74) is 0. The molecule has 0 aromatic carbocycles. The average Bonchev–Trinajstić information content (AvgIpc) is 3.04. The Morgan fingerprint density at radius 1 is 1.36 bits per heavy atom. The fourth-order valence-electron chi connectivity index (χ4n) is 2.53. The van der Waals surface area contributed by atoms with Gasteiger partial charge in [-0.05, 0) is 28.8 Å². The molecule has 0 atom stereocenters. The Hall–Kier alpha value is -2.71. The molecule has 3 rings (SSSR count). The van der Waals surface area contributed by atoms with Crippen molar-refractivity contribution >= 4 is 23.5 Å². The number of anilines is 1. The van der Waals surface area contributed by atoms with Crippen molar-refractivity contribution in [2.45, 2.75) is 12.8 Å². The number of nitrogens with zero attached hydrogens (tertiary/aromatic N) is 4. The summed E-state index contributed by atoms with van der Waals surface area (Å²) in [5.74, 6) is -0.729. The Morgan fingerprint density at radius 3 is 2.77 bits per heavy atom. The molecule has 116 valence electrons. The smallest absolute Gasteiger partial charge is 0.366 e. The number of hydrogen-bond donors (Lipinski definition) is 0. The van der Waals surface area contributed by atoms with E-state index in [1.54, 1.807) is 4.90 Å². The van der Waals surface area contributed by atoms with Crippen LogP contribution >= 0.6 is 0 Å². The molecule has 9 nitrogen and oxygen atoms in total. The highest BCUT2D eigenvalue weighted by Gasteiger charge is 2.34. The molecule has 0 aliphatic carbocycles. The number of carbonyl (C=O) groups is 2. The number of ether oxygens (including phenoxy) is 1. The zero-order valence-corrected chi connectivity index (χ0v) is 11.7. The molecule has 2 aliphatic rings. The van der Waals surface area contributed by atoms with Gasteiger partial charge in [0.2, 0.25) is 5.91 Å². The van der Waals surface area contributed by atoms with E-state index in [9.17, 15) is 19.7 Å². The number of nitro groups is 1. The molecule has 0 N–H and O–H groups in total. The van der Waals surface area contributed by atoms with Gasteiger partial charge in [0.1, 0.15) is 6.54 Å². The van der Waals surface area contributed by atoms with Gasteiger partial charge in [0, 0.05) is 19.2 Å². The van der Waals surface area contributed by atoms with Crippen molar-refractivity contribution in [3.63, 3.8) is 0 Å². The van der Waals surface area contributed by atoms with Gasteiger partial charge in [-0.2, -0.15) is 0 Å². The van der Waals surface area contributed by atoms with Crippen molar-refractivity contribution in [3.05, 3.63) is 22.2 Å². The van der Waals surface area contributed by atoms with E-state index in [1.165, 1.54) is 12.1 Å². The topological polar surface area (TPSA) is 106 Å². The highest BCUT2D eigenvalue weighted by molar-refractivity contribution is 6.01. The first kappa shape index (κ1) is 14.2. The lowest BCUT2D eigenvalue weighted by Gasteiger charge is -2.26. The number of fused-ring (bicyclic) bond motifs is 1. The summed E-state index contributed by atoms with van der Waals surface area (Å²) in [5, 5.41) is 10.8. The van der Waals surface area contributed by atoms with Gasteiger partial charge >= 0.3 is 5.82 Å². The van der Waals surface area contributed by atoms with E-state index < -0.39 is 16.6 Å². The first-order valence-corrected chi connectivity index (χ1v) is 6.92. The Balaban J connectivity index is 1.87. The third kappa shape index (κ3) is 2.57. The Labute approximate surface area is 125 Å². The van der Waals surface area contributed by atoms with Crippen molar-refractivity contribution in [2.75, 3.05) is 31.1 Å². The first-order chi connectivity index (χ1) is 10.6. The fraction of sp³-hybridized carbons (Fsp3) is 0.462. The van der Waals surface area contributed by atoms with Gasteiger partial charge < -0.3 is 19.8 Å². The van der Waals surface area contributed by atoms with Gasteiger partial charge in [-0.25, -0.2) is 0 Å². The maximum absolute atomic E-state index is 12.2. The summed E-state index contributed by atoms with van der Waals surface area (Å²) in [4.78, 5) is 41.1. The Kier molecular flexibility index (Phi) is 3.61. The van der Waals surface area contributed by atoms with Crippen molar-refractivity contribution in [1.29, 1.82) is 0 Å². The highest BCUT2D eigenvalue weighted by Crippen LogP contribution is 2.32. The SMILES string of the molecule is O=C(CN1C(=O)COc2ccc([N+](=O)[O-])nc21)N1CCCC1. The Bertz CT molecular complexity index is 641. The molecule has 1 aromatic rings. The molecule has 0 bridgehead atoms. The van der Waals surface area contributed by atoms with Gasteiger partial charge in [-0.1, -0.05) is 0 Å². The third-order valence-electron chi connectivity index (χ3n) is 3.67. The highest BCUT2D eigenvalue weighted by atomic mass is 16.6. The minimum absolute atomic E-state index is 0.0259. The Morgan fingerprint density at radius 2 is 2.09 bits per heavy atom. The van der Waals surface area contributed by atoms with Crippen molar-refractivity contribution in [3.8, 4) is 5.75 Å². The van der Waals surface area contributed by atoms with Crippen LogP contribution in [0, 0.1) is 10.1 Å². The fourth-order valence-corrected chi connectivity index (χ4v) is 2.53. The molecule has 3 heterocycles. The second kappa shape index (κ2) is 5.58. The lowest BCUT2D eigenvalue weighted by molar-refractivity contribution is -0.389. The molecule has 9 heteroatoms. The number of likely N-dealkylation sites (tertiary alicyclic amines) is 1. The van der Waals surface area contributed by atoms with Gasteiger partial charge in [0.05, 0.1) is 0 Å². The van der Waals surface area contributed by atoms with Crippen LogP contribution in [0.4, 0.5) is 11.6 Å². The number of pyridine rings is 1. The molecule has 0 spiro atoms. The molecular formula is C13H14N4O5. The van der Waals surface area contributed by atoms with E-state index in [0.29, 0.717) is 13.1 Å². The summed E-state index contributed by atoms with van der Waals surface area (Å²) in [6.45, 7) is 0.961. The predicted molar refractivity (Wildman–Crippen MR) is 74.6 cm³/mol. The quantitative estimate of drug-likeness (QED) is 0.589. The number of amides is 2. The van der Waals surface area contributed by atoms with Gasteiger partial charge in [-0.15, -0.1) is 0 Å². The normalized spacial score (nSPS) is 17.2. The third-order valence-corrected chi connectivity index (χ3v) is 3.67. The van der Waals surface area contributed by atoms with Crippen LogP contribution in [0.1, 0.15) is 12.8 Å². The van der Waals surface area contributed by atoms with Crippen LogP contribution in [0.15, 0.2) is 12.1 Å². The standard InChI is InChI=1S/C13H14N4O5/c18-11(15-5-1-2-6-15)7-16-12(19)8-22-9-3-4-10(17(20)21)14-13(9)16/h3-4H,1-2,5-8H2. The molecule has 1 aromatic heterocycles. The minimum atomic E-state index is -0.653. The first-order valence-electron chi connectivity index (χ1n) is 6.92. The largest absolute Gasteiger partial charge is 0.477 e. The maximum Gasteiger partial charge on any atom is 0.366 e. The molecule has 0 unspecified atom stereocenters. The summed E-state index contributed by atoms with van der Waals surface area (Å²) in [7, 11) is 0. The van der Waals surface area contributed by atoms with E-state index in [4.69, 9.17) is 4.74 Å². The van der Waals surface area contributed by atoms with Crippen LogP contribution in [0.3, 0.4) is 0 Å². The van der Waals surface area contributed by atoms with E-state index in [2.05, 4.69) is 4.98 Å². The molecule has 2 aliphatic heterocycles. The second-order valence-electron chi connectivity index (χ2n) is 5.10. The summed E-state index contributed by atoms with van der Waals surface area (Å²) in [6, 6.07) is 2.59. The summed E-state index contributed by atoms with van der Waals surface area (Å²) >= 11 is 0. The van der Waals surface area contributed by atoms with Crippen LogP contribution < -0.4 is 9.64 Å². The van der Waals surface area contributed by atoms with Crippen LogP contribution in [-0.4, -0.2) is 52.9 Å². The van der Waals surface area contributed by atoms with E-state index in [0.717, 1.165) is 17.7 Å². The number of hydrogen-bond acceptors (Lipinski definition) is 6. The maximum atomic E-state index is 12.2. The number of carbonyl (C=O) groups excluding carboxylic acids is 2. The summed E-state index contributed by atoms with van der Waals surface area (Å²) < 4.78 is 5.21. The van der Waals surface area contributed by atoms with Crippen LogP contribution in [0.2, 0.25) is 0 Å².